The van der Waals surface area contributed by atoms with Crippen molar-refractivity contribution in [3.8, 4) is 0 Å². The molecular formula is C28H29N3O2S. The molecule has 1 N–H and O–H groups in total. The van der Waals surface area contributed by atoms with Gasteiger partial charge in [-0.3, -0.25) is 14.2 Å². The van der Waals surface area contributed by atoms with Gasteiger partial charge in [-0.1, -0.05) is 71.9 Å². The molecule has 1 aromatic heterocycles. The molecule has 3 aromatic carbocycles. The van der Waals surface area contributed by atoms with Crippen molar-refractivity contribution in [1.82, 2.24) is 14.9 Å². The van der Waals surface area contributed by atoms with Crippen molar-refractivity contribution < 1.29 is 4.79 Å². The second-order valence-corrected chi connectivity index (χ2v) is 9.67. The van der Waals surface area contributed by atoms with Gasteiger partial charge in [0.1, 0.15) is 0 Å². The second-order valence-electron chi connectivity index (χ2n) is 8.72. The first kappa shape index (κ1) is 23.8. The van der Waals surface area contributed by atoms with E-state index < -0.39 is 0 Å². The first-order valence-corrected chi connectivity index (χ1v) is 12.5. The molecule has 0 aliphatic heterocycles. The van der Waals surface area contributed by atoms with E-state index in [0.29, 0.717) is 33.9 Å². The first-order valence-electron chi connectivity index (χ1n) is 11.5. The highest BCUT2D eigenvalue weighted by Gasteiger charge is 2.15. The molecule has 0 spiro atoms. The Balaban J connectivity index is 1.71. The fraction of sp³-hybridized carbons (Fsp3) is 0.250. The minimum atomic E-state index is -0.166. The maximum atomic E-state index is 13.5. The molecule has 1 heterocycles. The molecule has 0 bridgehead atoms. The summed E-state index contributed by atoms with van der Waals surface area (Å²) in [4.78, 5) is 30.9. The molecule has 0 saturated carbocycles. The third-order valence-corrected chi connectivity index (χ3v) is 6.57. The summed E-state index contributed by atoms with van der Waals surface area (Å²) in [7, 11) is 0. The second kappa shape index (κ2) is 10.7. The molecule has 0 fully saturated rings. The summed E-state index contributed by atoms with van der Waals surface area (Å²) in [6.45, 7) is 6.45. The Morgan fingerprint density at radius 3 is 2.50 bits per heavy atom. The average Bonchev–Trinajstić information content (AvgIpc) is 2.82. The smallest absolute Gasteiger partial charge is 0.262 e. The normalized spacial score (nSPS) is 11.2. The van der Waals surface area contributed by atoms with Gasteiger partial charge in [0.15, 0.2) is 5.16 Å². The maximum Gasteiger partial charge on any atom is 0.262 e. The molecule has 5 nitrogen and oxygen atoms in total. The Hall–Kier alpha value is -3.38. The van der Waals surface area contributed by atoms with Crippen LogP contribution in [0, 0.1) is 6.92 Å². The average molecular weight is 472 g/mol. The Labute approximate surface area is 204 Å². The molecule has 174 valence electrons. The number of amides is 1. The van der Waals surface area contributed by atoms with E-state index in [0.717, 1.165) is 6.42 Å². The number of nitrogens with zero attached hydrogens (tertiary/aromatic N) is 2. The van der Waals surface area contributed by atoms with Crippen LogP contribution in [0.5, 0.6) is 0 Å². The Morgan fingerprint density at radius 2 is 1.76 bits per heavy atom. The summed E-state index contributed by atoms with van der Waals surface area (Å²) in [5, 5.41) is 4.09. The van der Waals surface area contributed by atoms with Gasteiger partial charge in [0.2, 0.25) is 0 Å². The molecule has 0 atom stereocenters. The molecule has 1 amide bonds. The topological polar surface area (TPSA) is 64.0 Å². The molecule has 0 aliphatic carbocycles. The summed E-state index contributed by atoms with van der Waals surface area (Å²) >= 11 is 1.55. The van der Waals surface area contributed by atoms with Gasteiger partial charge in [-0.25, -0.2) is 4.98 Å². The minimum absolute atomic E-state index is 0.0302. The van der Waals surface area contributed by atoms with Crippen LogP contribution in [0.1, 0.15) is 40.9 Å². The lowest BCUT2D eigenvalue weighted by atomic mass is 10.1. The van der Waals surface area contributed by atoms with Gasteiger partial charge in [-0.05, 0) is 56.5 Å². The van der Waals surface area contributed by atoms with E-state index in [1.807, 2.05) is 38.1 Å². The van der Waals surface area contributed by atoms with Gasteiger partial charge < -0.3 is 5.32 Å². The van der Waals surface area contributed by atoms with E-state index in [1.165, 1.54) is 16.7 Å². The van der Waals surface area contributed by atoms with Gasteiger partial charge >= 0.3 is 0 Å². The maximum absolute atomic E-state index is 13.5. The number of nitrogens with one attached hydrogen (secondary N) is 1. The van der Waals surface area contributed by atoms with E-state index in [9.17, 15) is 9.59 Å². The minimum Gasteiger partial charge on any atom is -0.350 e. The van der Waals surface area contributed by atoms with Crippen LogP contribution in [0.3, 0.4) is 0 Å². The number of aryl methyl sites for hydroxylation is 2. The standard InChI is InChI=1S/C28H29N3O2S/c1-19(2)29-26(32)23-12-13-24-25(17-23)30-28(34-18-22-11-7-8-20(3)16-22)31(27(24)33)15-14-21-9-5-4-6-10-21/h4-13,16-17,19H,14-15,18H2,1-3H3,(H,29,32). The molecular weight excluding hydrogens is 442 g/mol. The Kier molecular flexibility index (Phi) is 7.48. The zero-order valence-corrected chi connectivity index (χ0v) is 20.6. The van der Waals surface area contributed by atoms with E-state index >= 15 is 0 Å². The molecule has 4 rings (SSSR count). The van der Waals surface area contributed by atoms with Gasteiger partial charge in [0, 0.05) is 23.9 Å². The summed E-state index contributed by atoms with van der Waals surface area (Å²) in [6.07, 6.45) is 0.737. The van der Waals surface area contributed by atoms with Crippen LogP contribution in [-0.4, -0.2) is 21.5 Å². The number of benzene rings is 3. The van der Waals surface area contributed by atoms with Crippen LogP contribution in [0.4, 0.5) is 0 Å². The van der Waals surface area contributed by atoms with Crippen molar-refractivity contribution in [2.75, 3.05) is 0 Å². The van der Waals surface area contributed by atoms with Gasteiger partial charge in [-0.2, -0.15) is 0 Å². The Morgan fingerprint density at radius 1 is 1.00 bits per heavy atom. The lowest BCUT2D eigenvalue weighted by Gasteiger charge is -2.14. The van der Waals surface area contributed by atoms with Crippen LogP contribution < -0.4 is 10.9 Å². The fourth-order valence-corrected chi connectivity index (χ4v) is 4.80. The van der Waals surface area contributed by atoms with Crippen LogP contribution in [-0.2, 0) is 18.7 Å². The summed E-state index contributed by atoms with van der Waals surface area (Å²) in [5.41, 5.74) is 4.52. The molecule has 0 saturated heterocycles. The molecule has 0 radical (unpaired) electrons. The highest BCUT2D eigenvalue weighted by atomic mass is 32.2. The highest BCUT2D eigenvalue weighted by molar-refractivity contribution is 7.98. The third kappa shape index (κ3) is 5.75. The van der Waals surface area contributed by atoms with Crippen LogP contribution in [0.2, 0.25) is 0 Å². The predicted molar refractivity (Wildman–Crippen MR) is 139 cm³/mol. The quantitative estimate of drug-likeness (QED) is 0.277. The largest absolute Gasteiger partial charge is 0.350 e. The van der Waals surface area contributed by atoms with Crippen molar-refractivity contribution in [1.29, 1.82) is 0 Å². The molecule has 0 aliphatic rings. The monoisotopic (exact) mass is 471 g/mol. The van der Waals surface area contributed by atoms with E-state index in [1.54, 1.807) is 34.5 Å². The van der Waals surface area contributed by atoms with E-state index in [2.05, 4.69) is 42.6 Å². The predicted octanol–water partition coefficient (Wildman–Crippen LogP) is 5.38. The van der Waals surface area contributed by atoms with Crippen LogP contribution >= 0.6 is 11.8 Å². The lowest BCUT2D eigenvalue weighted by molar-refractivity contribution is 0.0943. The van der Waals surface area contributed by atoms with Crippen molar-refractivity contribution in [3.05, 3.63) is 105 Å². The van der Waals surface area contributed by atoms with Crippen molar-refractivity contribution in [2.24, 2.45) is 0 Å². The zero-order valence-electron chi connectivity index (χ0n) is 19.7. The van der Waals surface area contributed by atoms with Crippen LogP contribution in [0.15, 0.2) is 82.7 Å². The molecule has 4 aromatic rings. The van der Waals surface area contributed by atoms with E-state index in [-0.39, 0.29) is 17.5 Å². The van der Waals surface area contributed by atoms with E-state index in [4.69, 9.17) is 4.98 Å². The molecule has 6 heteroatoms. The van der Waals surface area contributed by atoms with Crippen LogP contribution in [0.25, 0.3) is 10.9 Å². The fourth-order valence-electron chi connectivity index (χ4n) is 3.83. The summed E-state index contributed by atoms with van der Waals surface area (Å²) in [5.74, 6) is 0.541. The van der Waals surface area contributed by atoms with Gasteiger partial charge in [-0.15, -0.1) is 0 Å². The summed E-state index contributed by atoms with van der Waals surface area (Å²) in [6, 6.07) is 23.6. The number of aromatic nitrogens is 2. The number of hydrogen-bond acceptors (Lipinski definition) is 4. The number of carbonyl (C=O) groups is 1. The number of fused-ring (bicyclic) bond motifs is 1. The molecule has 34 heavy (non-hydrogen) atoms. The number of rotatable bonds is 8. The summed E-state index contributed by atoms with van der Waals surface area (Å²) < 4.78 is 1.77. The number of hydrogen-bond donors (Lipinski definition) is 1. The van der Waals surface area contributed by atoms with Gasteiger partial charge in [0.25, 0.3) is 11.5 Å². The number of carbonyl (C=O) groups excluding carboxylic acids is 1. The number of thioether (sulfide) groups is 1. The van der Waals surface area contributed by atoms with Crippen molar-refractivity contribution in [3.63, 3.8) is 0 Å². The zero-order chi connectivity index (χ0) is 24.1. The molecule has 0 unspecified atom stereocenters. The van der Waals surface area contributed by atoms with Crippen molar-refractivity contribution in [2.45, 2.75) is 50.7 Å². The third-order valence-electron chi connectivity index (χ3n) is 5.52. The van der Waals surface area contributed by atoms with Gasteiger partial charge in [0.05, 0.1) is 10.9 Å². The highest BCUT2D eigenvalue weighted by Crippen LogP contribution is 2.23. The lowest BCUT2D eigenvalue weighted by Crippen LogP contribution is -2.30. The SMILES string of the molecule is Cc1cccc(CSc2nc3cc(C(=O)NC(C)C)ccc3c(=O)n2CCc2ccccc2)c1. The van der Waals surface area contributed by atoms with Crippen molar-refractivity contribution >= 4 is 28.6 Å². The Bertz CT molecular complexity index is 1360. The first-order chi connectivity index (χ1) is 16.4.